The maximum Gasteiger partial charge on any atom is 0.325 e. The van der Waals surface area contributed by atoms with Gasteiger partial charge in [-0.15, -0.1) is 12.4 Å². The molecule has 1 aliphatic heterocycles. The standard InChI is InChI=1S/C12H15NO3.ClH/c14-12(11-9-15-7-6-13-11)16-8-10-4-2-1-3-5-10;/h1-5,11,13H,6-9H2;1H/t11-;/m0./s1. The zero-order chi connectivity index (χ0) is 11.2. The van der Waals surface area contributed by atoms with Crippen molar-refractivity contribution >= 4 is 18.4 Å². The lowest BCUT2D eigenvalue weighted by Crippen LogP contribution is -2.47. The summed E-state index contributed by atoms with van der Waals surface area (Å²) in [6.45, 7) is 2.07. The third-order valence-corrected chi connectivity index (χ3v) is 2.43. The summed E-state index contributed by atoms with van der Waals surface area (Å²) in [5.41, 5.74) is 0.993. The van der Waals surface area contributed by atoms with E-state index in [2.05, 4.69) is 5.32 Å². The number of nitrogens with one attached hydrogen (secondary N) is 1. The van der Waals surface area contributed by atoms with Crippen LogP contribution < -0.4 is 5.32 Å². The van der Waals surface area contributed by atoms with Gasteiger partial charge < -0.3 is 14.8 Å². The summed E-state index contributed by atoms with van der Waals surface area (Å²) >= 11 is 0. The lowest BCUT2D eigenvalue weighted by atomic mass is 10.2. The molecular formula is C12H16ClNO3. The summed E-state index contributed by atoms with van der Waals surface area (Å²) in [7, 11) is 0. The van der Waals surface area contributed by atoms with Gasteiger partial charge in [0.2, 0.25) is 0 Å². The van der Waals surface area contributed by atoms with E-state index in [1.807, 2.05) is 30.3 Å². The Bertz CT molecular complexity index is 339. The Labute approximate surface area is 107 Å². The number of hydrogen-bond acceptors (Lipinski definition) is 4. The largest absolute Gasteiger partial charge is 0.460 e. The average molecular weight is 258 g/mol. The van der Waals surface area contributed by atoms with Crippen LogP contribution in [-0.2, 0) is 20.9 Å². The molecule has 0 aromatic heterocycles. The second-order valence-electron chi connectivity index (χ2n) is 3.67. The summed E-state index contributed by atoms with van der Waals surface area (Å²) in [6, 6.07) is 9.31. The number of morpholine rings is 1. The fraction of sp³-hybridized carbons (Fsp3) is 0.417. The van der Waals surface area contributed by atoms with Gasteiger partial charge in [-0.2, -0.15) is 0 Å². The number of hydrogen-bond donors (Lipinski definition) is 1. The predicted octanol–water partition coefficient (Wildman–Crippen LogP) is 1.14. The highest BCUT2D eigenvalue weighted by atomic mass is 35.5. The van der Waals surface area contributed by atoms with Crippen molar-refractivity contribution in [2.45, 2.75) is 12.6 Å². The van der Waals surface area contributed by atoms with E-state index < -0.39 is 0 Å². The summed E-state index contributed by atoms with van der Waals surface area (Å²) in [4.78, 5) is 11.6. The van der Waals surface area contributed by atoms with E-state index in [1.54, 1.807) is 0 Å². The first-order valence-corrected chi connectivity index (χ1v) is 5.38. The molecule has 1 aromatic carbocycles. The van der Waals surface area contributed by atoms with Crippen LogP contribution in [0.25, 0.3) is 0 Å². The zero-order valence-electron chi connectivity index (χ0n) is 9.43. The molecule has 1 fully saturated rings. The summed E-state index contributed by atoms with van der Waals surface area (Å²) in [5.74, 6) is -0.247. The van der Waals surface area contributed by atoms with Gasteiger partial charge in [-0.25, -0.2) is 0 Å². The van der Waals surface area contributed by atoms with Crippen molar-refractivity contribution < 1.29 is 14.3 Å². The van der Waals surface area contributed by atoms with E-state index in [4.69, 9.17) is 9.47 Å². The third-order valence-electron chi connectivity index (χ3n) is 2.43. The monoisotopic (exact) mass is 257 g/mol. The first-order chi connectivity index (χ1) is 7.86. The maximum atomic E-state index is 11.6. The smallest absolute Gasteiger partial charge is 0.325 e. The third kappa shape index (κ3) is 4.34. The van der Waals surface area contributed by atoms with Gasteiger partial charge in [-0.1, -0.05) is 30.3 Å². The summed E-state index contributed by atoms with van der Waals surface area (Å²) in [6.07, 6.45) is 0. The molecule has 0 bridgehead atoms. The molecule has 1 N–H and O–H groups in total. The SMILES string of the molecule is Cl.O=C(OCc1ccccc1)[C@@H]1COCCN1. The molecule has 94 valence electrons. The minimum absolute atomic E-state index is 0. The number of benzene rings is 1. The van der Waals surface area contributed by atoms with Gasteiger partial charge in [-0.3, -0.25) is 4.79 Å². The van der Waals surface area contributed by atoms with Crippen LogP contribution in [0.4, 0.5) is 0 Å². The van der Waals surface area contributed by atoms with Crippen molar-refractivity contribution in [2.24, 2.45) is 0 Å². The number of carbonyl (C=O) groups excluding carboxylic acids is 1. The van der Waals surface area contributed by atoms with E-state index in [1.165, 1.54) is 0 Å². The second-order valence-corrected chi connectivity index (χ2v) is 3.67. The predicted molar refractivity (Wildman–Crippen MR) is 66.1 cm³/mol. The van der Waals surface area contributed by atoms with E-state index in [0.717, 1.165) is 5.56 Å². The Kier molecular flexibility index (Phi) is 5.97. The molecule has 1 heterocycles. The molecule has 0 spiro atoms. The molecule has 1 aromatic rings. The van der Waals surface area contributed by atoms with Gasteiger partial charge in [0.15, 0.2) is 0 Å². The van der Waals surface area contributed by atoms with Gasteiger partial charge in [0.05, 0.1) is 13.2 Å². The number of halogens is 1. The van der Waals surface area contributed by atoms with E-state index >= 15 is 0 Å². The first kappa shape index (κ1) is 14.0. The molecule has 2 rings (SSSR count). The molecule has 1 atom stereocenters. The van der Waals surface area contributed by atoms with Gasteiger partial charge in [0.1, 0.15) is 12.6 Å². The van der Waals surface area contributed by atoms with Crippen LogP contribution in [0.15, 0.2) is 30.3 Å². The molecule has 0 amide bonds. The number of ether oxygens (including phenoxy) is 2. The number of esters is 1. The van der Waals surface area contributed by atoms with Crippen LogP contribution in [0.2, 0.25) is 0 Å². The molecule has 5 heteroatoms. The maximum absolute atomic E-state index is 11.6. The minimum Gasteiger partial charge on any atom is -0.460 e. The van der Waals surface area contributed by atoms with Crippen molar-refractivity contribution in [1.29, 1.82) is 0 Å². The van der Waals surface area contributed by atoms with E-state index in [9.17, 15) is 4.79 Å². The molecule has 0 radical (unpaired) electrons. The van der Waals surface area contributed by atoms with Crippen LogP contribution in [0.3, 0.4) is 0 Å². The van der Waals surface area contributed by atoms with E-state index in [-0.39, 0.29) is 24.4 Å². The van der Waals surface area contributed by atoms with Crippen LogP contribution in [0.1, 0.15) is 5.56 Å². The van der Waals surface area contributed by atoms with Crippen molar-refractivity contribution in [1.82, 2.24) is 5.32 Å². The van der Waals surface area contributed by atoms with Gasteiger partial charge in [-0.05, 0) is 5.56 Å². The highest BCUT2D eigenvalue weighted by Crippen LogP contribution is 2.03. The highest BCUT2D eigenvalue weighted by molar-refractivity contribution is 5.85. The average Bonchev–Trinajstić information content (AvgIpc) is 2.38. The quantitative estimate of drug-likeness (QED) is 0.825. The van der Waals surface area contributed by atoms with Gasteiger partial charge >= 0.3 is 5.97 Å². The van der Waals surface area contributed by atoms with Gasteiger partial charge in [0, 0.05) is 6.54 Å². The second kappa shape index (κ2) is 7.27. The number of rotatable bonds is 3. The van der Waals surface area contributed by atoms with Crippen LogP contribution in [-0.4, -0.2) is 31.8 Å². The lowest BCUT2D eigenvalue weighted by Gasteiger charge is -2.22. The topological polar surface area (TPSA) is 47.6 Å². The number of carbonyl (C=O) groups is 1. The van der Waals surface area contributed by atoms with Crippen LogP contribution >= 0.6 is 12.4 Å². The molecule has 17 heavy (non-hydrogen) atoms. The van der Waals surface area contributed by atoms with Crippen LogP contribution in [0, 0.1) is 0 Å². The van der Waals surface area contributed by atoms with Gasteiger partial charge in [0.25, 0.3) is 0 Å². The Morgan fingerprint density at radius 3 is 2.82 bits per heavy atom. The Balaban J connectivity index is 0.00000144. The molecule has 0 unspecified atom stereocenters. The Morgan fingerprint density at radius 2 is 2.18 bits per heavy atom. The van der Waals surface area contributed by atoms with Crippen molar-refractivity contribution in [2.75, 3.05) is 19.8 Å². The summed E-state index contributed by atoms with van der Waals surface area (Å²) < 4.78 is 10.4. The van der Waals surface area contributed by atoms with E-state index in [0.29, 0.717) is 26.4 Å². The normalized spacial score (nSPS) is 19.2. The first-order valence-electron chi connectivity index (χ1n) is 5.38. The molecule has 0 saturated carbocycles. The van der Waals surface area contributed by atoms with Crippen molar-refractivity contribution in [3.05, 3.63) is 35.9 Å². The highest BCUT2D eigenvalue weighted by Gasteiger charge is 2.22. The van der Waals surface area contributed by atoms with Crippen LogP contribution in [0.5, 0.6) is 0 Å². The van der Waals surface area contributed by atoms with Crippen molar-refractivity contribution in [3.63, 3.8) is 0 Å². The minimum atomic E-state index is -0.322. The Morgan fingerprint density at radius 1 is 1.41 bits per heavy atom. The molecule has 1 saturated heterocycles. The molecule has 4 nitrogen and oxygen atoms in total. The molecular weight excluding hydrogens is 242 g/mol. The fourth-order valence-electron chi connectivity index (χ4n) is 1.55. The Hall–Kier alpha value is -1.10. The lowest BCUT2D eigenvalue weighted by molar-refractivity contribution is -0.150. The molecule has 1 aliphatic rings. The summed E-state index contributed by atoms with van der Waals surface area (Å²) in [5, 5.41) is 3.06. The fourth-order valence-corrected chi connectivity index (χ4v) is 1.55. The van der Waals surface area contributed by atoms with Crippen molar-refractivity contribution in [3.8, 4) is 0 Å². The molecule has 0 aliphatic carbocycles. The zero-order valence-corrected chi connectivity index (χ0v) is 10.2.